The maximum Gasteiger partial charge on any atom is 0.237 e. The van der Waals surface area contributed by atoms with Gasteiger partial charge in [-0.1, -0.05) is 60.7 Å². The van der Waals surface area contributed by atoms with Crippen LogP contribution in [0.3, 0.4) is 0 Å². The number of likely N-dealkylation sites (tertiary alicyclic amines) is 1. The second kappa shape index (κ2) is 11.8. The van der Waals surface area contributed by atoms with E-state index >= 15 is 0 Å². The fraction of sp³-hybridized carbons (Fsp3) is 0.273. The van der Waals surface area contributed by atoms with Gasteiger partial charge < -0.3 is 15.4 Å². The summed E-state index contributed by atoms with van der Waals surface area (Å²) in [7, 11) is 0. The lowest BCUT2D eigenvalue weighted by molar-refractivity contribution is -0.126. The van der Waals surface area contributed by atoms with Crippen LogP contribution in [0.4, 0.5) is 0 Å². The van der Waals surface area contributed by atoms with E-state index in [1.807, 2.05) is 54.6 Å². The zero-order valence-corrected chi connectivity index (χ0v) is 22.0. The van der Waals surface area contributed by atoms with E-state index in [1.165, 1.54) is 11.1 Å². The molecule has 0 bridgehead atoms. The van der Waals surface area contributed by atoms with E-state index in [0.717, 1.165) is 55.0 Å². The Hall–Kier alpha value is -4.00. The molecule has 6 rings (SSSR count). The minimum atomic E-state index is -0.161. The van der Waals surface area contributed by atoms with E-state index in [4.69, 9.17) is 4.74 Å². The lowest BCUT2D eigenvalue weighted by Crippen LogP contribution is -2.48. The molecule has 0 spiro atoms. The van der Waals surface area contributed by atoms with E-state index in [9.17, 15) is 4.79 Å². The summed E-state index contributed by atoms with van der Waals surface area (Å²) >= 11 is 0. The van der Waals surface area contributed by atoms with Crippen LogP contribution in [-0.2, 0) is 30.7 Å². The monoisotopic (exact) mass is 518 g/mol. The summed E-state index contributed by atoms with van der Waals surface area (Å²) < 4.78 is 6.02. The van der Waals surface area contributed by atoms with Crippen molar-refractivity contribution in [2.24, 2.45) is 0 Å². The first-order valence-corrected chi connectivity index (χ1v) is 13.8. The van der Waals surface area contributed by atoms with Crippen LogP contribution in [0.25, 0.3) is 0 Å². The Morgan fingerprint density at radius 3 is 2.36 bits per heavy atom. The third-order valence-electron chi connectivity index (χ3n) is 7.80. The van der Waals surface area contributed by atoms with Crippen molar-refractivity contribution < 1.29 is 9.53 Å². The van der Waals surface area contributed by atoms with Crippen molar-refractivity contribution >= 4 is 5.91 Å². The van der Waals surface area contributed by atoms with Crippen LogP contribution in [0.2, 0.25) is 0 Å². The number of nitrogens with one attached hydrogen (secondary N) is 2. The Morgan fingerprint density at radius 2 is 1.59 bits per heavy atom. The number of ether oxygens (including phenoxy) is 1. The van der Waals surface area contributed by atoms with Gasteiger partial charge in [-0.05, 0) is 71.8 Å². The van der Waals surface area contributed by atoms with E-state index in [-0.39, 0.29) is 18.0 Å². The number of para-hydroxylation sites is 1. The molecule has 0 unspecified atom stereocenters. The Kier molecular flexibility index (Phi) is 7.66. The van der Waals surface area contributed by atoms with Crippen LogP contribution >= 0.6 is 0 Å². The second-order valence-electron chi connectivity index (χ2n) is 10.5. The molecule has 1 fully saturated rings. The second-order valence-corrected chi connectivity index (χ2v) is 10.5. The van der Waals surface area contributed by atoms with Crippen LogP contribution in [0, 0.1) is 0 Å². The fourth-order valence-corrected chi connectivity index (χ4v) is 5.86. The van der Waals surface area contributed by atoms with Crippen LogP contribution in [-0.4, -0.2) is 40.5 Å². The van der Waals surface area contributed by atoms with Gasteiger partial charge in [0.15, 0.2) is 0 Å². The molecule has 0 saturated carbocycles. The highest BCUT2D eigenvalue weighted by atomic mass is 16.5. The smallest absolute Gasteiger partial charge is 0.237 e. The SMILES string of the molecule is O=C(NCc1cccnc1)[C@@H]1C[C@H](NCc2cccc(Oc3ccccc3)c2)CN1C1Cc2ccccc2C1. The molecular formula is C33H34N4O2. The first kappa shape index (κ1) is 25.3. The number of carbonyl (C=O) groups is 1. The van der Waals surface area contributed by atoms with E-state index < -0.39 is 0 Å². The van der Waals surface area contributed by atoms with Crippen molar-refractivity contribution in [1.29, 1.82) is 0 Å². The maximum absolute atomic E-state index is 13.5. The molecule has 4 aromatic rings. The Bertz CT molecular complexity index is 1370. The molecule has 6 nitrogen and oxygen atoms in total. The Labute approximate surface area is 230 Å². The van der Waals surface area contributed by atoms with Crippen LogP contribution in [0.15, 0.2) is 103 Å². The summed E-state index contributed by atoms with van der Waals surface area (Å²) in [5.74, 6) is 1.74. The fourth-order valence-electron chi connectivity index (χ4n) is 5.86. The van der Waals surface area contributed by atoms with Crippen molar-refractivity contribution in [3.8, 4) is 11.5 Å². The van der Waals surface area contributed by atoms with Gasteiger partial charge in [0.1, 0.15) is 11.5 Å². The molecule has 1 saturated heterocycles. The molecular weight excluding hydrogens is 484 g/mol. The molecule has 1 aliphatic heterocycles. The standard InChI is InChI=1S/C33H34N4O2/c38-33(36-22-25-9-7-15-34-20-25)32-19-28(23-37(32)29-17-26-10-4-5-11-27(26)18-29)35-21-24-8-6-14-31(16-24)39-30-12-2-1-3-13-30/h1-16,20,28-29,32,35H,17-19,21-23H2,(H,36,38)/t28-,32-/m0/s1. The number of hydrogen-bond donors (Lipinski definition) is 2. The first-order chi connectivity index (χ1) is 19.2. The molecule has 3 aromatic carbocycles. The summed E-state index contributed by atoms with van der Waals surface area (Å²) in [6.07, 6.45) is 6.33. The van der Waals surface area contributed by atoms with Gasteiger partial charge in [0, 0.05) is 44.1 Å². The van der Waals surface area contributed by atoms with Crippen LogP contribution in [0.1, 0.15) is 28.7 Å². The van der Waals surface area contributed by atoms with Gasteiger partial charge in [0.05, 0.1) is 6.04 Å². The predicted molar refractivity (Wildman–Crippen MR) is 152 cm³/mol. The number of rotatable bonds is 9. The number of carbonyl (C=O) groups excluding carboxylic acids is 1. The first-order valence-electron chi connectivity index (χ1n) is 13.8. The molecule has 1 aliphatic carbocycles. The molecule has 2 aliphatic rings. The zero-order valence-electron chi connectivity index (χ0n) is 22.0. The minimum Gasteiger partial charge on any atom is -0.457 e. The number of nitrogens with zero attached hydrogens (tertiary/aromatic N) is 2. The van der Waals surface area contributed by atoms with Gasteiger partial charge >= 0.3 is 0 Å². The zero-order chi connectivity index (χ0) is 26.4. The maximum atomic E-state index is 13.5. The number of pyridine rings is 1. The molecule has 1 aromatic heterocycles. The molecule has 1 amide bonds. The number of hydrogen-bond acceptors (Lipinski definition) is 5. The van der Waals surface area contributed by atoms with Crippen molar-refractivity contribution in [2.45, 2.75) is 50.5 Å². The van der Waals surface area contributed by atoms with Crippen LogP contribution < -0.4 is 15.4 Å². The van der Waals surface area contributed by atoms with Crippen molar-refractivity contribution in [3.63, 3.8) is 0 Å². The molecule has 2 N–H and O–H groups in total. The third kappa shape index (κ3) is 6.19. The van der Waals surface area contributed by atoms with Crippen molar-refractivity contribution in [3.05, 3.63) is 126 Å². The van der Waals surface area contributed by atoms with Gasteiger partial charge in [0.2, 0.25) is 5.91 Å². The highest BCUT2D eigenvalue weighted by Gasteiger charge is 2.41. The Morgan fingerprint density at radius 1 is 0.846 bits per heavy atom. The summed E-state index contributed by atoms with van der Waals surface area (Å²) in [5.41, 5.74) is 4.98. The lowest BCUT2D eigenvalue weighted by atomic mass is 10.1. The quantitative estimate of drug-likeness (QED) is 0.330. The number of aromatic nitrogens is 1. The summed E-state index contributed by atoms with van der Waals surface area (Å²) in [6, 6.07) is 31.0. The molecule has 198 valence electrons. The van der Waals surface area contributed by atoms with Gasteiger partial charge in [-0.25, -0.2) is 0 Å². The molecule has 6 heteroatoms. The van der Waals surface area contributed by atoms with Crippen LogP contribution in [0.5, 0.6) is 11.5 Å². The largest absolute Gasteiger partial charge is 0.457 e. The van der Waals surface area contributed by atoms with Gasteiger partial charge in [-0.2, -0.15) is 0 Å². The van der Waals surface area contributed by atoms with Gasteiger partial charge in [-0.15, -0.1) is 0 Å². The predicted octanol–water partition coefficient (Wildman–Crippen LogP) is 4.89. The summed E-state index contributed by atoms with van der Waals surface area (Å²) in [6.45, 7) is 2.07. The number of amides is 1. The Balaban J connectivity index is 1.12. The number of benzene rings is 3. The minimum absolute atomic E-state index is 0.0948. The molecule has 2 heterocycles. The van der Waals surface area contributed by atoms with E-state index in [0.29, 0.717) is 12.6 Å². The van der Waals surface area contributed by atoms with E-state index in [2.05, 4.69) is 56.9 Å². The lowest BCUT2D eigenvalue weighted by Gasteiger charge is -2.29. The highest BCUT2D eigenvalue weighted by molar-refractivity contribution is 5.82. The normalized spacial score (nSPS) is 19.1. The molecule has 39 heavy (non-hydrogen) atoms. The molecule has 2 atom stereocenters. The molecule has 0 radical (unpaired) electrons. The van der Waals surface area contributed by atoms with Crippen molar-refractivity contribution in [1.82, 2.24) is 20.5 Å². The average Bonchev–Trinajstić information content (AvgIpc) is 3.61. The number of fused-ring (bicyclic) bond motifs is 1. The van der Waals surface area contributed by atoms with E-state index in [1.54, 1.807) is 12.4 Å². The topological polar surface area (TPSA) is 66.5 Å². The van der Waals surface area contributed by atoms with Crippen molar-refractivity contribution in [2.75, 3.05) is 6.54 Å². The summed E-state index contributed by atoms with van der Waals surface area (Å²) in [4.78, 5) is 20.1. The average molecular weight is 519 g/mol. The summed E-state index contributed by atoms with van der Waals surface area (Å²) in [5, 5.41) is 6.91. The van der Waals surface area contributed by atoms with Gasteiger partial charge in [0.25, 0.3) is 0 Å². The highest BCUT2D eigenvalue weighted by Crippen LogP contribution is 2.31. The third-order valence-corrected chi connectivity index (χ3v) is 7.80. The van der Waals surface area contributed by atoms with Gasteiger partial charge in [-0.3, -0.25) is 14.7 Å².